The molecule has 0 radical (unpaired) electrons. The summed E-state index contributed by atoms with van der Waals surface area (Å²) in [5.74, 6) is 0.439. The molecule has 1 saturated heterocycles. The van der Waals surface area contributed by atoms with Gasteiger partial charge in [-0.1, -0.05) is 36.4 Å². The largest absolute Gasteiger partial charge is 0.355 e. The van der Waals surface area contributed by atoms with Crippen LogP contribution in [0.4, 0.5) is 0 Å². The second kappa shape index (κ2) is 5.22. The van der Waals surface area contributed by atoms with E-state index in [1.165, 1.54) is 5.56 Å². The molecule has 2 heterocycles. The van der Waals surface area contributed by atoms with Gasteiger partial charge in [0.1, 0.15) is 6.33 Å². The smallest absolute Gasteiger partial charge is 0.220 e. The lowest BCUT2D eigenvalue weighted by molar-refractivity contribution is -0.119. The molecule has 0 saturated carbocycles. The Morgan fingerprint density at radius 3 is 2.64 bits per heavy atom. The Morgan fingerprint density at radius 2 is 1.86 bits per heavy atom. The zero-order valence-corrected chi connectivity index (χ0v) is 12.0. The maximum absolute atomic E-state index is 11.3. The van der Waals surface area contributed by atoms with Gasteiger partial charge >= 0.3 is 0 Å². The molecule has 0 bridgehead atoms. The van der Waals surface area contributed by atoms with Gasteiger partial charge in [-0.2, -0.15) is 0 Å². The first kappa shape index (κ1) is 13.0. The average Bonchev–Trinajstić information content (AvgIpc) is 3.01. The summed E-state index contributed by atoms with van der Waals surface area (Å²) in [4.78, 5) is 19.6. The zero-order chi connectivity index (χ0) is 14.9. The number of amides is 1. The number of hydrogen-bond acceptors (Lipinski definition) is 3. The Kier molecular flexibility index (Phi) is 3.07. The normalized spacial score (nSPS) is 17.6. The number of aromatic nitrogens is 2. The predicted octanol–water partition coefficient (Wildman–Crippen LogP) is 2.90. The van der Waals surface area contributed by atoms with Gasteiger partial charge in [0.2, 0.25) is 5.91 Å². The van der Waals surface area contributed by atoms with Gasteiger partial charge in [-0.25, -0.2) is 9.97 Å². The quantitative estimate of drug-likeness (QED) is 0.789. The number of fused-ring (bicyclic) bond motifs is 1. The second-order valence-electron chi connectivity index (χ2n) is 5.62. The maximum Gasteiger partial charge on any atom is 0.220 e. The molecule has 1 aliphatic rings. The fourth-order valence-electron chi connectivity index (χ4n) is 2.94. The molecular weight excluding hydrogens is 274 g/mol. The van der Waals surface area contributed by atoms with Crippen molar-refractivity contribution in [3.05, 3.63) is 60.6 Å². The monoisotopic (exact) mass is 289 g/mol. The highest BCUT2D eigenvalue weighted by molar-refractivity contribution is 5.83. The number of carbonyl (C=O) groups is 1. The SMILES string of the molecule is O=C1CC(c2ccc(-c3ccc4cncnc4c3)cc2)CN1. The molecule has 4 rings (SSSR count). The van der Waals surface area contributed by atoms with Crippen molar-refractivity contribution >= 4 is 16.8 Å². The lowest BCUT2D eigenvalue weighted by Gasteiger charge is -2.09. The summed E-state index contributed by atoms with van der Waals surface area (Å²) in [7, 11) is 0. The molecule has 1 amide bonds. The number of carbonyl (C=O) groups excluding carboxylic acids is 1. The van der Waals surface area contributed by atoms with Crippen LogP contribution in [-0.4, -0.2) is 22.4 Å². The van der Waals surface area contributed by atoms with Crippen LogP contribution in [0.1, 0.15) is 17.9 Å². The summed E-state index contributed by atoms with van der Waals surface area (Å²) in [5, 5.41) is 3.92. The molecule has 1 fully saturated rings. The topological polar surface area (TPSA) is 54.9 Å². The molecule has 1 N–H and O–H groups in total. The van der Waals surface area contributed by atoms with E-state index in [0.717, 1.165) is 28.6 Å². The van der Waals surface area contributed by atoms with Crippen LogP contribution in [0.25, 0.3) is 22.0 Å². The van der Waals surface area contributed by atoms with Crippen molar-refractivity contribution in [3.8, 4) is 11.1 Å². The van der Waals surface area contributed by atoms with E-state index in [9.17, 15) is 4.79 Å². The van der Waals surface area contributed by atoms with E-state index in [1.54, 1.807) is 6.33 Å². The second-order valence-corrected chi connectivity index (χ2v) is 5.62. The van der Waals surface area contributed by atoms with Crippen molar-refractivity contribution in [1.29, 1.82) is 0 Å². The standard InChI is InChI=1S/C18H15N3O/c22-18-8-16(10-20-18)13-3-1-12(2-4-13)14-5-6-15-9-19-11-21-17(15)7-14/h1-7,9,11,16H,8,10H2,(H,20,22). The van der Waals surface area contributed by atoms with Crippen LogP contribution in [0.5, 0.6) is 0 Å². The van der Waals surface area contributed by atoms with E-state index < -0.39 is 0 Å². The highest BCUT2D eigenvalue weighted by atomic mass is 16.1. The van der Waals surface area contributed by atoms with Gasteiger partial charge in [-0.3, -0.25) is 4.79 Å². The summed E-state index contributed by atoms with van der Waals surface area (Å²) in [6.45, 7) is 0.741. The van der Waals surface area contributed by atoms with E-state index in [4.69, 9.17) is 0 Å². The fraction of sp³-hybridized carbons (Fsp3) is 0.167. The minimum absolute atomic E-state index is 0.142. The van der Waals surface area contributed by atoms with Crippen molar-refractivity contribution in [2.24, 2.45) is 0 Å². The van der Waals surface area contributed by atoms with Gasteiger partial charge in [0.15, 0.2) is 0 Å². The minimum Gasteiger partial charge on any atom is -0.355 e. The molecule has 22 heavy (non-hydrogen) atoms. The van der Waals surface area contributed by atoms with Crippen LogP contribution in [-0.2, 0) is 4.79 Å². The average molecular weight is 289 g/mol. The number of nitrogens with zero attached hydrogens (tertiary/aromatic N) is 2. The van der Waals surface area contributed by atoms with Crippen LogP contribution in [0, 0.1) is 0 Å². The first-order valence-corrected chi connectivity index (χ1v) is 7.36. The van der Waals surface area contributed by atoms with Crippen molar-refractivity contribution < 1.29 is 4.79 Å². The van der Waals surface area contributed by atoms with E-state index in [-0.39, 0.29) is 5.91 Å². The third-order valence-corrected chi connectivity index (χ3v) is 4.20. The molecule has 1 unspecified atom stereocenters. The van der Waals surface area contributed by atoms with Gasteiger partial charge in [-0.05, 0) is 22.8 Å². The molecule has 2 aromatic carbocycles. The molecule has 0 spiro atoms. The van der Waals surface area contributed by atoms with Gasteiger partial charge < -0.3 is 5.32 Å². The Bertz CT molecular complexity index is 842. The molecular formula is C18H15N3O. The van der Waals surface area contributed by atoms with E-state index in [0.29, 0.717) is 12.3 Å². The lowest BCUT2D eigenvalue weighted by atomic mass is 9.95. The van der Waals surface area contributed by atoms with Crippen LogP contribution in [0.2, 0.25) is 0 Å². The first-order chi connectivity index (χ1) is 10.8. The summed E-state index contributed by atoms with van der Waals surface area (Å²) in [6, 6.07) is 14.7. The van der Waals surface area contributed by atoms with Gasteiger partial charge in [-0.15, -0.1) is 0 Å². The maximum atomic E-state index is 11.3. The molecule has 108 valence electrons. The predicted molar refractivity (Wildman–Crippen MR) is 85.3 cm³/mol. The first-order valence-electron chi connectivity index (χ1n) is 7.36. The Labute approximate surface area is 128 Å². The summed E-state index contributed by atoms with van der Waals surface area (Å²) in [5.41, 5.74) is 4.45. The number of nitrogens with one attached hydrogen (secondary N) is 1. The third-order valence-electron chi connectivity index (χ3n) is 4.20. The lowest BCUT2D eigenvalue weighted by Crippen LogP contribution is -2.13. The Hall–Kier alpha value is -2.75. The van der Waals surface area contributed by atoms with E-state index >= 15 is 0 Å². The Morgan fingerprint density at radius 1 is 1.05 bits per heavy atom. The fourth-order valence-corrected chi connectivity index (χ4v) is 2.94. The van der Waals surface area contributed by atoms with Crippen LogP contribution < -0.4 is 5.32 Å². The summed E-state index contributed by atoms with van der Waals surface area (Å²) < 4.78 is 0. The van der Waals surface area contributed by atoms with Crippen molar-refractivity contribution in [2.75, 3.05) is 6.54 Å². The molecule has 1 atom stereocenters. The van der Waals surface area contributed by atoms with Crippen molar-refractivity contribution in [2.45, 2.75) is 12.3 Å². The van der Waals surface area contributed by atoms with Crippen molar-refractivity contribution in [1.82, 2.24) is 15.3 Å². The molecule has 0 aliphatic carbocycles. The zero-order valence-electron chi connectivity index (χ0n) is 12.0. The molecule has 4 heteroatoms. The highest BCUT2D eigenvalue weighted by Crippen LogP contribution is 2.27. The van der Waals surface area contributed by atoms with Gasteiger partial charge in [0.25, 0.3) is 0 Å². The minimum atomic E-state index is 0.142. The third kappa shape index (κ3) is 2.33. The van der Waals surface area contributed by atoms with Crippen LogP contribution in [0.15, 0.2) is 55.0 Å². The summed E-state index contributed by atoms with van der Waals surface area (Å²) >= 11 is 0. The van der Waals surface area contributed by atoms with Crippen LogP contribution in [0.3, 0.4) is 0 Å². The van der Waals surface area contributed by atoms with Gasteiger partial charge in [0.05, 0.1) is 5.52 Å². The number of rotatable bonds is 2. The molecule has 1 aromatic heterocycles. The van der Waals surface area contributed by atoms with Gasteiger partial charge in [0, 0.05) is 30.5 Å². The number of hydrogen-bond donors (Lipinski definition) is 1. The Balaban J connectivity index is 1.65. The molecule has 4 nitrogen and oxygen atoms in total. The van der Waals surface area contributed by atoms with E-state index in [2.05, 4.69) is 51.7 Å². The molecule has 1 aliphatic heterocycles. The number of benzene rings is 2. The summed E-state index contributed by atoms with van der Waals surface area (Å²) in [6.07, 6.45) is 3.98. The van der Waals surface area contributed by atoms with E-state index in [1.807, 2.05) is 12.3 Å². The van der Waals surface area contributed by atoms with Crippen LogP contribution >= 0.6 is 0 Å². The molecule has 3 aromatic rings. The van der Waals surface area contributed by atoms with Crippen molar-refractivity contribution in [3.63, 3.8) is 0 Å². The highest BCUT2D eigenvalue weighted by Gasteiger charge is 2.22.